The SMILES string of the molecule is CCC1OC(OC2C(CO)OC(OCCS)C(O)C2O)C(O)C(OOC2(C(=O)O)CC(O)C(N)C(C(O)C(O)CO)O2)C1O. The minimum atomic E-state index is -2.90. The Morgan fingerprint density at radius 2 is 1.66 bits per heavy atom. The lowest BCUT2D eigenvalue weighted by atomic mass is 9.89. The first-order chi connectivity index (χ1) is 20.8. The molecule has 16 unspecified atom stereocenters. The van der Waals surface area contributed by atoms with Crippen LogP contribution in [-0.4, -0.2) is 180 Å². The van der Waals surface area contributed by atoms with E-state index in [9.17, 15) is 55.9 Å². The first-order valence-electron chi connectivity index (χ1n) is 13.9. The molecule has 12 N–H and O–H groups in total. The Morgan fingerprint density at radius 1 is 1.00 bits per heavy atom. The molecule has 0 spiro atoms. The van der Waals surface area contributed by atoms with Crippen LogP contribution in [0.15, 0.2) is 0 Å². The number of carboxylic acid groups (broad SMARTS) is 1. The van der Waals surface area contributed by atoms with E-state index in [1.165, 1.54) is 0 Å². The quantitative estimate of drug-likeness (QED) is 0.0466. The van der Waals surface area contributed by atoms with Crippen LogP contribution in [0.4, 0.5) is 0 Å². The number of aliphatic hydroxyl groups excluding tert-OH is 9. The second-order valence-electron chi connectivity index (χ2n) is 10.7. The van der Waals surface area contributed by atoms with Gasteiger partial charge in [0.05, 0.1) is 38.1 Å². The third kappa shape index (κ3) is 7.98. The Morgan fingerprint density at radius 3 is 2.23 bits per heavy atom. The Labute approximate surface area is 256 Å². The second-order valence-corrected chi connectivity index (χ2v) is 11.2. The Bertz CT molecular complexity index is 907. The summed E-state index contributed by atoms with van der Waals surface area (Å²) in [5.41, 5.74) is 5.83. The average molecular weight is 666 g/mol. The zero-order valence-electron chi connectivity index (χ0n) is 23.7. The predicted molar refractivity (Wildman–Crippen MR) is 142 cm³/mol. The number of aliphatic hydroxyl groups is 9. The highest BCUT2D eigenvalue weighted by molar-refractivity contribution is 7.80. The fourth-order valence-electron chi connectivity index (χ4n) is 5.11. The summed E-state index contributed by atoms with van der Waals surface area (Å²) in [5, 5.41) is 103. The van der Waals surface area contributed by atoms with E-state index >= 15 is 0 Å². The minimum absolute atomic E-state index is 0.0486. The molecule has 0 amide bonds. The van der Waals surface area contributed by atoms with Crippen LogP contribution in [0, 0.1) is 0 Å². The van der Waals surface area contributed by atoms with E-state index in [1.54, 1.807) is 6.92 Å². The first-order valence-corrected chi connectivity index (χ1v) is 14.6. The maximum atomic E-state index is 12.3. The Kier molecular flexibility index (Phi) is 13.9. The van der Waals surface area contributed by atoms with Crippen molar-refractivity contribution >= 4 is 18.6 Å². The molecular weight excluding hydrogens is 622 g/mol. The summed E-state index contributed by atoms with van der Waals surface area (Å²) in [4.78, 5) is 22.6. The zero-order valence-corrected chi connectivity index (χ0v) is 24.6. The summed E-state index contributed by atoms with van der Waals surface area (Å²) in [6.45, 7) is -0.0451. The van der Waals surface area contributed by atoms with Crippen molar-refractivity contribution in [3.05, 3.63) is 0 Å². The fraction of sp³-hybridized carbons (Fsp3) is 0.958. The highest BCUT2D eigenvalue weighted by Gasteiger charge is 2.57. The summed E-state index contributed by atoms with van der Waals surface area (Å²) in [5.74, 6) is -4.51. The largest absolute Gasteiger partial charge is 0.477 e. The molecule has 3 heterocycles. The molecule has 3 aliphatic heterocycles. The van der Waals surface area contributed by atoms with Crippen molar-refractivity contribution in [2.24, 2.45) is 5.73 Å². The smallest absolute Gasteiger partial charge is 0.367 e. The molecule has 44 heavy (non-hydrogen) atoms. The lowest BCUT2D eigenvalue weighted by Gasteiger charge is -2.47. The second kappa shape index (κ2) is 16.3. The number of hydrogen-bond donors (Lipinski definition) is 12. The molecule has 0 bridgehead atoms. The predicted octanol–water partition coefficient (Wildman–Crippen LogP) is -6.10. The lowest BCUT2D eigenvalue weighted by Crippen LogP contribution is -2.67. The zero-order chi connectivity index (χ0) is 32.9. The number of ether oxygens (including phenoxy) is 5. The number of thiol groups is 1. The van der Waals surface area contributed by atoms with E-state index in [1.807, 2.05) is 0 Å². The summed E-state index contributed by atoms with van der Waals surface area (Å²) < 4.78 is 27.5. The summed E-state index contributed by atoms with van der Waals surface area (Å²) in [6.07, 6.45) is -24.0. The molecule has 0 aromatic carbocycles. The van der Waals surface area contributed by atoms with Crippen molar-refractivity contribution in [1.29, 1.82) is 0 Å². The van der Waals surface area contributed by atoms with Crippen molar-refractivity contribution in [2.75, 3.05) is 25.6 Å². The lowest BCUT2D eigenvalue weighted by molar-refractivity contribution is -0.480. The molecule has 3 fully saturated rings. The molecule has 3 saturated heterocycles. The van der Waals surface area contributed by atoms with Gasteiger partial charge < -0.3 is 80.5 Å². The monoisotopic (exact) mass is 665 g/mol. The molecule has 0 aliphatic carbocycles. The van der Waals surface area contributed by atoms with Gasteiger partial charge in [-0.25, -0.2) is 9.68 Å². The molecule has 0 aromatic heterocycles. The third-order valence-electron chi connectivity index (χ3n) is 7.70. The van der Waals surface area contributed by atoms with Gasteiger partial charge in [0.1, 0.15) is 54.9 Å². The maximum Gasteiger partial charge on any atom is 0.367 e. The van der Waals surface area contributed by atoms with Gasteiger partial charge in [0, 0.05) is 12.2 Å². The number of hydrogen-bond acceptors (Lipinski definition) is 19. The highest BCUT2D eigenvalue weighted by atomic mass is 32.1. The van der Waals surface area contributed by atoms with Crippen LogP contribution in [0.1, 0.15) is 19.8 Å². The molecule has 3 aliphatic rings. The maximum absolute atomic E-state index is 12.3. The molecule has 16 atom stereocenters. The van der Waals surface area contributed by atoms with Crippen molar-refractivity contribution in [3.63, 3.8) is 0 Å². The van der Waals surface area contributed by atoms with E-state index in [2.05, 4.69) is 12.6 Å². The number of carboxylic acids is 1. The molecular formula is C24H43NO18S. The number of carbonyl (C=O) groups is 1. The number of aliphatic carboxylic acids is 1. The molecule has 20 heteroatoms. The molecule has 0 radical (unpaired) electrons. The number of nitrogens with two attached hydrogens (primary N) is 1. The van der Waals surface area contributed by atoms with Crippen molar-refractivity contribution < 1.29 is 89.3 Å². The topological polar surface area (TPSA) is 310 Å². The standard InChI is InChI=1S/C24H43NO18S/c1-2-10-14(31)20(42-43-24(23(35)36)5-8(28)12(25)19(41-24)13(30)9(29)6-26)17(34)22(38-10)40-18-11(7-27)39-21(37-3-4-44)16(33)15(18)32/h8-22,26-34,44H,2-7,25H2,1H3,(H,35,36). The van der Waals surface area contributed by atoms with Gasteiger partial charge in [0.25, 0.3) is 0 Å². The van der Waals surface area contributed by atoms with Crippen LogP contribution in [0.2, 0.25) is 0 Å². The van der Waals surface area contributed by atoms with Crippen molar-refractivity contribution in [2.45, 2.75) is 117 Å². The summed E-state index contributed by atoms with van der Waals surface area (Å²) in [6, 6.07) is -1.44. The van der Waals surface area contributed by atoms with Gasteiger partial charge in [-0.2, -0.15) is 17.5 Å². The van der Waals surface area contributed by atoms with Crippen molar-refractivity contribution in [1.82, 2.24) is 0 Å². The van der Waals surface area contributed by atoms with Gasteiger partial charge in [-0.1, -0.05) is 6.92 Å². The van der Waals surface area contributed by atoms with Gasteiger partial charge in [-0.3, -0.25) is 0 Å². The Hall–Kier alpha value is -0.860. The van der Waals surface area contributed by atoms with E-state index in [0.29, 0.717) is 0 Å². The van der Waals surface area contributed by atoms with Crippen LogP contribution in [-0.2, 0) is 38.3 Å². The molecule has 3 rings (SSSR count). The molecule has 19 nitrogen and oxygen atoms in total. The van der Waals surface area contributed by atoms with Crippen LogP contribution in [0.25, 0.3) is 0 Å². The summed E-state index contributed by atoms with van der Waals surface area (Å²) in [7, 11) is 0. The minimum Gasteiger partial charge on any atom is -0.477 e. The van der Waals surface area contributed by atoms with E-state index in [-0.39, 0.29) is 18.8 Å². The van der Waals surface area contributed by atoms with Crippen LogP contribution in [0.3, 0.4) is 0 Å². The molecule has 0 aromatic rings. The van der Waals surface area contributed by atoms with Gasteiger partial charge in [-0.05, 0) is 6.42 Å². The summed E-state index contributed by atoms with van der Waals surface area (Å²) >= 11 is 3.99. The number of rotatable bonds is 14. The van der Waals surface area contributed by atoms with E-state index in [4.69, 9.17) is 39.2 Å². The third-order valence-corrected chi connectivity index (χ3v) is 7.88. The van der Waals surface area contributed by atoms with Crippen LogP contribution in [0.5, 0.6) is 0 Å². The van der Waals surface area contributed by atoms with Gasteiger partial charge >= 0.3 is 11.8 Å². The van der Waals surface area contributed by atoms with Gasteiger partial charge in [-0.15, -0.1) is 0 Å². The van der Waals surface area contributed by atoms with E-state index in [0.717, 1.165) is 0 Å². The fourth-order valence-corrected chi connectivity index (χ4v) is 5.21. The average Bonchev–Trinajstić information content (AvgIpc) is 3.00. The van der Waals surface area contributed by atoms with Crippen molar-refractivity contribution in [3.8, 4) is 0 Å². The normalized spacial score (nSPS) is 44.7. The highest BCUT2D eigenvalue weighted by Crippen LogP contribution is 2.36. The van der Waals surface area contributed by atoms with Gasteiger partial charge in [0.15, 0.2) is 18.7 Å². The Balaban J connectivity index is 1.80. The van der Waals surface area contributed by atoms with Crippen LogP contribution >= 0.6 is 12.6 Å². The first kappa shape index (κ1) is 37.6. The van der Waals surface area contributed by atoms with Gasteiger partial charge in [0.2, 0.25) is 0 Å². The molecule has 258 valence electrons. The van der Waals surface area contributed by atoms with E-state index < -0.39 is 123 Å². The molecule has 0 saturated carbocycles. The van der Waals surface area contributed by atoms with Crippen LogP contribution < -0.4 is 5.73 Å².